The van der Waals surface area contributed by atoms with E-state index in [4.69, 9.17) is 9.47 Å². The van der Waals surface area contributed by atoms with Gasteiger partial charge in [-0.25, -0.2) is 0 Å². The van der Waals surface area contributed by atoms with E-state index in [9.17, 15) is 0 Å². The van der Waals surface area contributed by atoms with E-state index >= 15 is 0 Å². The standard InChI is InChI=1S/C10H14BrNO2/c1-2-13-4-3-5-14-10-6-9(11)7-12-8-10/h6-8H,2-5H2,1H3. The van der Waals surface area contributed by atoms with Gasteiger partial charge in [0.25, 0.3) is 0 Å². The van der Waals surface area contributed by atoms with Crippen molar-refractivity contribution in [2.75, 3.05) is 19.8 Å². The van der Waals surface area contributed by atoms with Gasteiger partial charge in [0.2, 0.25) is 0 Å². The molecule has 0 unspecified atom stereocenters. The fraction of sp³-hybridized carbons (Fsp3) is 0.500. The van der Waals surface area contributed by atoms with Gasteiger partial charge in [-0.05, 0) is 28.9 Å². The topological polar surface area (TPSA) is 31.4 Å². The molecule has 0 radical (unpaired) electrons. The van der Waals surface area contributed by atoms with Crippen molar-refractivity contribution in [3.8, 4) is 5.75 Å². The van der Waals surface area contributed by atoms with Crippen molar-refractivity contribution in [2.45, 2.75) is 13.3 Å². The summed E-state index contributed by atoms with van der Waals surface area (Å²) in [6, 6.07) is 1.90. The molecule has 0 amide bonds. The van der Waals surface area contributed by atoms with Crippen LogP contribution >= 0.6 is 15.9 Å². The highest BCUT2D eigenvalue weighted by Gasteiger charge is 1.95. The van der Waals surface area contributed by atoms with Crippen molar-refractivity contribution >= 4 is 15.9 Å². The average Bonchev–Trinajstić information content (AvgIpc) is 2.18. The average molecular weight is 260 g/mol. The van der Waals surface area contributed by atoms with Crippen LogP contribution in [0.5, 0.6) is 5.75 Å². The molecule has 0 atom stereocenters. The van der Waals surface area contributed by atoms with Gasteiger partial charge in [0.15, 0.2) is 0 Å². The monoisotopic (exact) mass is 259 g/mol. The van der Waals surface area contributed by atoms with Gasteiger partial charge in [-0.15, -0.1) is 0 Å². The molecular weight excluding hydrogens is 246 g/mol. The van der Waals surface area contributed by atoms with Crippen molar-refractivity contribution < 1.29 is 9.47 Å². The maximum atomic E-state index is 5.46. The van der Waals surface area contributed by atoms with Crippen LogP contribution in [-0.4, -0.2) is 24.8 Å². The first kappa shape index (κ1) is 11.5. The normalized spacial score (nSPS) is 10.1. The first-order valence-electron chi connectivity index (χ1n) is 4.64. The molecule has 1 aromatic heterocycles. The summed E-state index contributed by atoms with van der Waals surface area (Å²) >= 11 is 3.33. The summed E-state index contributed by atoms with van der Waals surface area (Å²) in [7, 11) is 0. The summed E-state index contributed by atoms with van der Waals surface area (Å²) in [6.45, 7) is 4.16. The highest BCUT2D eigenvalue weighted by Crippen LogP contribution is 2.15. The minimum absolute atomic E-state index is 0.665. The van der Waals surface area contributed by atoms with Gasteiger partial charge in [-0.1, -0.05) is 0 Å². The van der Waals surface area contributed by atoms with E-state index in [1.54, 1.807) is 12.4 Å². The van der Waals surface area contributed by atoms with E-state index in [0.29, 0.717) is 6.61 Å². The van der Waals surface area contributed by atoms with Crippen molar-refractivity contribution in [3.05, 3.63) is 22.9 Å². The second-order valence-electron chi connectivity index (χ2n) is 2.74. The van der Waals surface area contributed by atoms with Crippen molar-refractivity contribution in [2.24, 2.45) is 0 Å². The highest BCUT2D eigenvalue weighted by molar-refractivity contribution is 9.10. The van der Waals surface area contributed by atoms with E-state index < -0.39 is 0 Å². The molecule has 0 saturated heterocycles. The molecule has 0 aliphatic carbocycles. The first-order valence-corrected chi connectivity index (χ1v) is 5.43. The molecule has 1 heterocycles. The molecule has 0 aliphatic heterocycles. The smallest absolute Gasteiger partial charge is 0.138 e. The lowest BCUT2D eigenvalue weighted by molar-refractivity contribution is 0.131. The Balaban J connectivity index is 2.18. The highest BCUT2D eigenvalue weighted by atomic mass is 79.9. The van der Waals surface area contributed by atoms with Crippen LogP contribution in [0.3, 0.4) is 0 Å². The van der Waals surface area contributed by atoms with E-state index in [0.717, 1.165) is 29.9 Å². The Bertz CT molecular complexity index is 268. The molecule has 3 nitrogen and oxygen atoms in total. The number of aromatic nitrogens is 1. The molecule has 14 heavy (non-hydrogen) atoms. The van der Waals surface area contributed by atoms with Crippen molar-refractivity contribution in [1.82, 2.24) is 4.98 Å². The number of pyridine rings is 1. The van der Waals surface area contributed by atoms with Gasteiger partial charge >= 0.3 is 0 Å². The predicted octanol–water partition coefficient (Wildman–Crippen LogP) is 2.65. The fourth-order valence-electron chi connectivity index (χ4n) is 0.967. The summed E-state index contributed by atoms with van der Waals surface area (Å²) in [5, 5.41) is 0. The third-order valence-corrected chi connectivity index (χ3v) is 2.02. The molecule has 4 heteroatoms. The Morgan fingerprint density at radius 1 is 1.36 bits per heavy atom. The second-order valence-corrected chi connectivity index (χ2v) is 3.65. The van der Waals surface area contributed by atoms with Gasteiger partial charge in [-0.2, -0.15) is 0 Å². The SMILES string of the molecule is CCOCCCOc1cncc(Br)c1. The summed E-state index contributed by atoms with van der Waals surface area (Å²) in [5.41, 5.74) is 0. The molecule has 0 N–H and O–H groups in total. The fourth-order valence-corrected chi connectivity index (χ4v) is 1.31. The quantitative estimate of drug-likeness (QED) is 0.737. The molecule has 78 valence electrons. The third kappa shape index (κ3) is 4.58. The summed E-state index contributed by atoms with van der Waals surface area (Å²) in [6.07, 6.45) is 4.33. The van der Waals surface area contributed by atoms with Crippen LogP contribution in [0.15, 0.2) is 22.9 Å². The number of halogens is 1. The van der Waals surface area contributed by atoms with E-state index in [1.807, 2.05) is 13.0 Å². The second kappa shape index (κ2) is 6.79. The molecular formula is C10H14BrNO2. The van der Waals surface area contributed by atoms with Crippen LogP contribution in [-0.2, 0) is 4.74 Å². The zero-order chi connectivity index (χ0) is 10.2. The Morgan fingerprint density at radius 2 is 2.21 bits per heavy atom. The van der Waals surface area contributed by atoms with Crippen molar-refractivity contribution in [1.29, 1.82) is 0 Å². The zero-order valence-electron chi connectivity index (χ0n) is 8.20. The number of ether oxygens (including phenoxy) is 2. The molecule has 1 rings (SSSR count). The number of rotatable bonds is 6. The Morgan fingerprint density at radius 3 is 2.93 bits per heavy atom. The van der Waals surface area contributed by atoms with E-state index in [1.165, 1.54) is 0 Å². The largest absolute Gasteiger partial charge is 0.492 e. The maximum absolute atomic E-state index is 5.46. The first-order chi connectivity index (χ1) is 6.83. The lowest BCUT2D eigenvalue weighted by atomic mass is 10.4. The van der Waals surface area contributed by atoms with Crippen LogP contribution in [0.1, 0.15) is 13.3 Å². The zero-order valence-corrected chi connectivity index (χ0v) is 9.79. The molecule has 0 bridgehead atoms. The Labute approximate surface area is 92.6 Å². The van der Waals surface area contributed by atoms with Crippen LogP contribution < -0.4 is 4.74 Å². The summed E-state index contributed by atoms with van der Waals surface area (Å²) in [5.74, 6) is 0.788. The number of nitrogens with zero attached hydrogens (tertiary/aromatic N) is 1. The molecule has 0 saturated carbocycles. The van der Waals surface area contributed by atoms with E-state index in [-0.39, 0.29) is 0 Å². The predicted molar refractivity (Wildman–Crippen MR) is 58.5 cm³/mol. The lowest BCUT2D eigenvalue weighted by Crippen LogP contribution is -2.02. The molecule has 0 fully saturated rings. The van der Waals surface area contributed by atoms with Gasteiger partial charge in [0.1, 0.15) is 5.75 Å². The number of hydrogen-bond donors (Lipinski definition) is 0. The van der Waals surface area contributed by atoms with Crippen LogP contribution in [0.2, 0.25) is 0 Å². The van der Waals surface area contributed by atoms with Crippen LogP contribution in [0.4, 0.5) is 0 Å². The van der Waals surface area contributed by atoms with Gasteiger partial charge in [0.05, 0.1) is 12.8 Å². The Kier molecular flexibility index (Phi) is 5.56. The summed E-state index contributed by atoms with van der Waals surface area (Å²) in [4.78, 5) is 4.00. The van der Waals surface area contributed by atoms with Crippen molar-refractivity contribution in [3.63, 3.8) is 0 Å². The van der Waals surface area contributed by atoms with Gasteiger partial charge in [-0.3, -0.25) is 4.98 Å². The minimum Gasteiger partial charge on any atom is -0.492 e. The Hall–Kier alpha value is -0.610. The number of hydrogen-bond acceptors (Lipinski definition) is 3. The maximum Gasteiger partial charge on any atom is 0.138 e. The van der Waals surface area contributed by atoms with Crippen LogP contribution in [0.25, 0.3) is 0 Å². The minimum atomic E-state index is 0.665. The molecule has 1 aromatic rings. The van der Waals surface area contributed by atoms with Gasteiger partial charge < -0.3 is 9.47 Å². The van der Waals surface area contributed by atoms with Crippen LogP contribution in [0, 0.1) is 0 Å². The van der Waals surface area contributed by atoms with Gasteiger partial charge in [0, 0.05) is 30.3 Å². The molecule has 0 aliphatic rings. The lowest BCUT2D eigenvalue weighted by Gasteiger charge is -2.05. The third-order valence-electron chi connectivity index (χ3n) is 1.59. The molecule has 0 spiro atoms. The summed E-state index contributed by atoms with van der Waals surface area (Å²) < 4.78 is 11.6. The van der Waals surface area contributed by atoms with E-state index in [2.05, 4.69) is 20.9 Å². The molecule has 0 aromatic carbocycles.